The average Bonchev–Trinajstić information content (AvgIpc) is 2.00. The predicted molar refractivity (Wildman–Crippen MR) is 54.4 cm³/mol. The van der Waals surface area contributed by atoms with Crippen molar-refractivity contribution in [2.45, 2.75) is 65.8 Å². The van der Waals surface area contributed by atoms with E-state index in [1.54, 1.807) is 0 Å². The average molecular weight is 186 g/mol. The zero-order valence-electron chi connectivity index (χ0n) is 10.1. The topological polar surface area (TPSA) is 25.8 Å². The molecule has 1 aliphatic heterocycles. The van der Waals surface area contributed by atoms with Crippen LogP contribution in [0.15, 0.2) is 0 Å². The highest BCUT2D eigenvalue weighted by Crippen LogP contribution is 2.33. The fourth-order valence-electron chi connectivity index (χ4n) is 1.51. The van der Waals surface area contributed by atoms with Crippen molar-refractivity contribution in [2.24, 2.45) is 5.41 Å². The summed E-state index contributed by atoms with van der Waals surface area (Å²) in [5.41, 5.74) is 0.348. The molecule has 2 nitrogen and oxygen atoms in total. The Labute approximate surface area is 82.0 Å². The summed E-state index contributed by atoms with van der Waals surface area (Å²) in [6, 6.07) is 0. The number of quaternary nitrogens is 1. The van der Waals surface area contributed by atoms with Crippen LogP contribution in [-0.4, -0.2) is 17.4 Å². The maximum absolute atomic E-state index is 6.07. The van der Waals surface area contributed by atoms with Gasteiger partial charge < -0.3 is 10.1 Å². The smallest absolute Gasteiger partial charge is 0.196 e. The second kappa shape index (κ2) is 2.71. The second-order valence-electron chi connectivity index (χ2n) is 6.30. The summed E-state index contributed by atoms with van der Waals surface area (Å²) >= 11 is 0. The van der Waals surface area contributed by atoms with Crippen molar-refractivity contribution in [3.05, 3.63) is 0 Å². The highest BCUT2D eigenvalue weighted by molar-refractivity contribution is 4.92. The first-order valence-electron chi connectivity index (χ1n) is 5.10. The number of hydrogen-bond acceptors (Lipinski definition) is 1. The van der Waals surface area contributed by atoms with Crippen molar-refractivity contribution in [3.8, 4) is 0 Å². The van der Waals surface area contributed by atoms with E-state index in [1.165, 1.54) is 0 Å². The Bertz CT molecular complexity index is 185. The normalized spacial score (nSPS) is 32.1. The molecule has 0 aromatic rings. The summed E-state index contributed by atoms with van der Waals surface area (Å²) in [6.07, 6.45) is 0.275. The lowest BCUT2D eigenvalue weighted by atomic mass is 9.87. The van der Waals surface area contributed by atoms with E-state index in [-0.39, 0.29) is 22.8 Å². The van der Waals surface area contributed by atoms with Crippen LogP contribution in [0.5, 0.6) is 0 Å². The summed E-state index contributed by atoms with van der Waals surface area (Å²) in [5, 5.41) is 2.35. The first-order chi connectivity index (χ1) is 5.56. The number of hydrogen-bond donors (Lipinski definition) is 1. The Hall–Kier alpha value is -0.0800. The molecule has 1 aliphatic rings. The van der Waals surface area contributed by atoms with Crippen LogP contribution >= 0.6 is 0 Å². The Morgan fingerprint density at radius 1 is 1.08 bits per heavy atom. The van der Waals surface area contributed by atoms with E-state index in [2.05, 4.69) is 53.8 Å². The van der Waals surface area contributed by atoms with Crippen LogP contribution in [0.2, 0.25) is 0 Å². The Balaban J connectivity index is 2.83. The van der Waals surface area contributed by atoms with Gasteiger partial charge in [-0.25, -0.2) is 0 Å². The Morgan fingerprint density at radius 2 is 1.54 bits per heavy atom. The third kappa shape index (κ3) is 1.89. The van der Waals surface area contributed by atoms with Gasteiger partial charge >= 0.3 is 0 Å². The molecule has 1 atom stereocenters. The van der Waals surface area contributed by atoms with E-state index in [4.69, 9.17) is 4.74 Å². The first-order valence-corrected chi connectivity index (χ1v) is 5.10. The lowest BCUT2D eigenvalue weighted by Crippen LogP contribution is -2.99. The fraction of sp³-hybridized carbons (Fsp3) is 1.00. The molecule has 2 N–H and O–H groups in total. The molecule has 2 heteroatoms. The highest BCUT2D eigenvalue weighted by atomic mass is 16.5. The van der Waals surface area contributed by atoms with E-state index < -0.39 is 0 Å². The predicted octanol–water partition coefficient (Wildman–Crippen LogP) is 1.51. The molecule has 0 aliphatic carbocycles. The minimum absolute atomic E-state index is 0.0368. The molecule has 1 unspecified atom stereocenters. The molecule has 1 fully saturated rings. The van der Waals surface area contributed by atoms with Crippen LogP contribution in [0, 0.1) is 5.41 Å². The quantitative estimate of drug-likeness (QED) is 0.609. The van der Waals surface area contributed by atoms with Gasteiger partial charge in [-0.05, 0) is 27.7 Å². The molecule has 0 saturated carbocycles. The Morgan fingerprint density at radius 3 is 1.69 bits per heavy atom. The van der Waals surface area contributed by atoms with Crippen LogP contribution in [-0.2, 0) is 4.74 Å². The zero-order valence-corrected chi connectivity index (χ0v) is 10.1. The van der Waals surface area contributed by atoms with Crippen molar-refractivity contribution in [2.75, 3.05) is 0 Å². The van der Waals surface area contributed by atoms with Gasteiger partial charge in [0.15, 0.2) is 6.23 Å². The van der Waals surface area contributed by atoms with Crippen LogP contribution in [0.25, 0.3) is 0 Å². The molecule has 1 rings (SSSR count). The van der Waals surface area contributed by atoms with Crippen molar-refractivity contribution < 1.29 is 10.1 Å². The molecule has 0 aromatic heterocycles. The molecule has 0 bridgehead atoms. The van der Waals surface area contributed by atoms with Crippen molar-refractivity contribution >= 4 is 0 Å². The largest absolute Gasteiger partial charge is 0.316 e. The van der Waals surface area contributed by atoms with E-state index in [9.17, 15) is 0 Å². The lowest BCUT2D eigenvalue weighted by molar-refractivity contribution is -0.756. The molecule has 0 radical (unpaired) electrons. The van der Waals surface area contributed by atoms with E-state index in [0.29, 0.717) is 0 Å². The molecule has 1 heterocycles. The van der Waals surface area contributed by atoms with Gasteiger partial charge in [0.25, 0.3) is 0 Å². The molecule has 0 aromatic carbocycles. The number of ether oxygens (including phenoxy) is 1. The van der Waals surface area contributed by atoms with E-state index in [1.807, 2.05) is 0 Å². The summed E-state index contributed by atoms with van der Waals surface area (Å²) in [4.78, 5) is 0. The van der Waals surface area contributed by atoms with E-state index >= 15 is 0 Å². The lowest BCUT2D eigenvalue weighted by Gasteiger charge is -2.27. The minimum atomic E-state index is -0.0368. The van der Waals surface area contributed by atoms with Crippen molar-refractivity contribution in [3.63, 3.8) is 0 Å². The SMILES string of the molecule is CC(C)(C)C1[NH2+]C(C)(C)C(C)(C)O1. The first kappa shape index (κ1) is 11.0. The number of nitrogens with two attached hydrogens (primary N) is 1. The molecule has 0 amide bonds. The van der Waals surface area contributed by atoms with Crippen molar-refractivity contribution in [1.82, 2.24) is 0 Å². The minimum Gasteiger partial charge on any atom is -0.316 e. The van der Waals surface area contributed by atoms with Gasteiger partial charge in [-0.2, -0.15) is 0 Å². The van der Waals surface area contributed by atoms with Gasteiger partial charge in [0.05, 0.1) is 0 Å². The third-order valence-corrected chi connectivity index (χ3v) is 3.39. The summed E-state index contributed by atoms with van der Waals surface area (Å²) < 4.78 is 6.07. The third-order valence-electron chi connectivity index (χ3n) is 3.39. The van der Waals surface area contributed by atoms with Crippen LogP contribution < -0.4 is 5.32 Å². The summed E-state index contributed by atoms with van der Waals surface area (Å²) in [7, 11) is 0. The van der Waals surface area contributed by atoms with E-state index in [0.717, 1.165) is 0 Å². The van der Waals surface area contributed by atoms with Gasteiger partial charge in [0.2, 0.25) is 0 Å². The van der Waals surface area contributed by atoms with Gasteiger partial charge in [-0.15, -0.1) is 0 Å². The van der Waals surface area contributed by atoms with Crippen LogP contribution in [0.3, 0.4) is 0 Å². The van der Waals surface area contributed by atoms with Gasteiger partial charge in [-0.3, -0.25) is 0 Å². The summed E-state index contributed by atoms with van der Waals surface area (Å²) in [5.74, 6) is 0. The molecule has 0 spiro atoms. The fourth-order valence-corrected chi connectivity index (χ4v) is 1.51. The van der Waals surface area contributed by atoms with Gasteiger partial charge in [-0.1, -0.05) is 20.8 Å². The van der Waals surface area contributed by atoms with Crippen molar-refractivity contribution in [1.29, 1.82) is 0 Å². The maximum atomic E-state index is 6.07. The summed E-state index contributed by atoms with van der Waals surface area (Å²) in [6.45, 7) is 15.5. The Kier molecular flexibility index (Phi) is 2.29. The standard InChI is InChI=1S/C11H23NO/c1-9(2,3)8-12-10(4,5)11(6,7)13-8/h8,12H,1-7H3/p+1. The van der Waals surface area contributed by atoms with Gasteiger partial charge in [0.1, 0.15) is 11.1 Å². The molecule has 1 saturated heterocycles. The molecular formula is C11H24NO+. The van der Waals surface area contributed by atoms with Crippen LogP contribution in [0.4, 0.5) is 0 Å². The molecule has 78 valence electrons. The zero-order chi connectivity index (χ0) is 10.5. The second-order valence-corrected chi connectivity index (χ2v) is 6.30. The molecular weight excluding hydrogens is 162 g/mol. The maximum Gasteiger partial charge on any atom is 0.196 e. The highest BCUT2D eigenvalue weighted by Gasteiger charge is 2.54. The number of rotatable bonds is 0. The monoisotopic (exact) mass is 186 g/mol. The van der Waals surface area contributed by atoms with Gasteiger partial charge in [0, 0.05) is 5.41 Å². The molecule has 13 heavy (non-hydrogen) atoms. The van der Waals surface area contributed by atoms with Crippen LogP contribution in [0.1, 0.15) is 48.5 Å².